The van der Waals surface area contributed by atoms with E-state index < -0.39 is 0 Å². The number of hydrogen-bond acceptors (Lipinski definition) is 6. The molecule has 1 aliphatic heterocycles. The van der Waals surface area contributed by atoms with Gasteiger partial charge in [-0.2, -0.15) is 5.10 Å². The third-order valence-electron chi connectivity index (χ3n) is 6.70. The lowest BCUT2D eigenvalue weighted by atomic mass is 9.66. The molecule has 0 unspecified atom stereocenters. The van der Waals surface area contributed by atoms with E-state index in [1.807, 2.05) is 26.0 Å². The van der Waals surface area contributed by atoms with Crippen molar-refractivity contribution in [3.63, 3.8) is 0 Å². The van der Waals surface area contributed by atoms with E-state index in [1.54, 1.807) is 22.9 Å². The molecule has 7 heteroatoms. The predicted molar refractivity (Wildman–Crippen MR) is 119 cm³/mol. The summed E-state index contributed by atoms with van der Waals surface area (Å²) in [6.07, 6.45) is 3.14. The van der Waals surface area contributed by atoms with Gasteiger partial charge in [0.15, 0.2) is 5.78 Å². The normalized spacial score (nSPS) is 18.0. The average molecular weight is 418 g/mol. The molecule has 0 bridgehead atoms. The topological polar surface area (TPSA) is 103 Å². The number of fused-ring (bicyclic) bond motifs is 2. The highest BCUT2D eigenvalue weighted by Crippen LogP contribution is 2.44. The van der Waals surface area contributed by atoms with Crippen molar-refractivity contribution in [1.29, 1.82) is 0 Å². The number of ketones is 2. The van der Waals surface area contributed by atoms with Gasteiger partial charge in [0.1, 0.15) is 17.2 Å². The zero-order chi connectivity index (χ0) is 21.8. The van der Waals surface area contributed by atoms with Crippen molar-refractivity contribution >= 4 is 28.3 Å². The van der Waals surface area contributed by atoms with E-state index >= 15 is 0 Å². The maximum absolute atomic E-state index is 13.6. The number of piperidine rings is 1. The van der Waals surface area contributed by atoms with Crippen LogP contribution in [0.2, 0.25) is 0 Å². The summed E-state index contributed by atoms with van der Waals surface area (Å²) >= 11 is 0. The third-order valence-corrected chi connectivity index (χ3v) is 6.70. The molecule has 2 aliphatic rings. The van der Waals surface area contributed by atoms with Crippen molar-refractivity contribution in [1.82, 2.24) is 20.1 Å². The lowest BCUT2D eigenvalue weighted by Gasteiger charge is -2.40. The van der Waals surface area contributed by atoms with Gasteiger partial charge in [-0.15, -0.1) is 0 Å². The summed E-state index contributed by atoms with van der Waals surface area (Å²) in [4.78, 5) is 31.2. The number of nitrogens with two attached hydrogens (primary N) is 1. The van der Waals surface area contributed by atoms with Gasteiger partial charge in [-0.25, -0.2) is 4.98 Å². The zero-order valence-corrected chi connectivity index (χ0v) is 17.9. The van der Waals surface area contributed by atoms with Crippen LogP contribution < -0.4 is 11.1 Å². The SMILES string of the molecule is CC(C)n1nc(C(=O)c2ccc3ccc(N)nc3c2)c2c1C(=O)CC1(CCNCC1)C2. The Labute approximate surface area is 181 Å². The number of pyridine rings is 1. The molecule has 1 fully saturated rings. The first kappa shape index (κ1) is 19.9. The number of aromatic nitrogens is 3. The van der Waals surface area contributed by atoms with E-state index in [0.29, 0.717) is 34.7 Å². The molecule has 1 spiro atoms. The molecule has 3 aromatic rings. The molecule has 2 aromatic heterocycles. The van der Waals surface area contributed by atoms with Gasteiger partial charge < -0.3 is 11.1 Å². The predicted octanol–water partition coefficient (Wildman–Crippen LogP) is 3.32. The minimum absolute atomic E-state index is 0.000564. The van der Waals surface area contributed by atoms with Crippen LogP contribution in [0.25, 0.3) is 10.9 Å². The van der Waals surface area contributed by atoms with Gasteiger partial charge in [0.25, 0.3) is 0 Å². The molecule has 1 aromatic carbocycles. The standard InChI is InChI=1S/C24H27N5O2/c1-14(2)29-22-17(12-24(13-19(22)30)7-9-26-10-8-24)21(28-29)23(31)16-4-3-15-5-6-20(25)27-18(15)11-16/h3-6,11,14,26H,7-10,12-13H2,1-2H3,(H2,25,27). The molecular formula is C24H27N5O2. The van der Waals surface area contributed by atoms with Crippen LogP contribution in [0, 0.1) is 5.41 Å². The van der Waals surface area contributed by atoms with E-state index in [0.717, 1.165) is 43.3 Å². The minimum Gasteiger partial charge on any atom is -0.384 e. The number of rotatable bonds is 3. The maximum Gasteiger partial charge on any atom is 0.213 e. The monoisotopic (exact) mass is 417 g/mol. The molecule has 5 rings (SSSR count). The molecule has 160 valence electrons. The van der Waals surface area contributed by atoms with Crippen LogP contribution in [-0.4, -0.2) is 39.4 Å². The molecule has 31 heavy (non-hydrogen) atoms. The van der Waals surface area contributed by atoms with Crippen molar-refractivity contribution in [3.05, 3.63) is 52.8 Å². The number of Topliss-reactive ketones (excluding diaryl/α,β-unsaturated/α-hetero) is 1. The number of nitrogens with one attached hydrogen (secondary N) is 1. The summed E-state index contributed by atoms with van der Waals surface area (Å²) in [5, 5.41) is 8.99. The van der Waals surface area contributed by atoms with Gasteiger partial charge in [-0.1, -0.05) is 12.1 Å². The largest absolute Gasteiger partial charge is 0.384 e. The van der Waals surface area contributed by atoms with Crippen LogP contribution in [0.1, 0.15) is 71.3 Å². The zero-order valence-electron chi connectivity index (χ0n) is 17.9. The Hall–Kier alpha value is -3.06. The third kappa shape index (κ3) is 3.33. The first-order valence-electron chi connectivity index (χ1n) is 10.9. The Morgan fingerprint density at radius 1 is 1.16 bits per heavy atom. The van der Waals surface area contributed by atoms with E-state index in [2.05, 4.69) is 15.4 Å². The van der Waals surface area contributed by atoms with Crippen molar-refractivity contribution < 1.29 is 9.59 Å². The van der Waals surface area contributed by atoms with E-state index in [-0.39, 0.29) is 23.0 Å². The molecule has 0 amide bonds. The fourth-order valence-corrected chi connectivity index (χ4v) is 5.07. The highest BCUT2D eigenvalue weighted by molar-refractivity contribution is 6.12. The minimum atomic E-state index is -0.166. The first-order chi connectivity index (χ1) is 14.9. The Kier molecular flexibility index (Phi) is 4.66. The van der Waals surface area contributed by atoms with Crippen LogP contribution in [0.5, 0.6) is 0 Å². The molecular weight excluding hydrogens is 390 g/mol. The number of carbonyl (C=O) groups excluding carboxylic acids is 2. The maximum atomic E-state index is 13.6. The summed E-state index contributed by atoms with van der Waals surface area (Å²) in [6, 6.07) is 9.07. The molecule has 3 N–H and O–H groups in total. The van der Waals surface area contributed by atoms with Gasteiger partial charge in [0, 0.05) is 29.0 Å². The van der Waals surface area contributed by atoms with Crippen LogP contribution >= 0.6 is 0 Å². The highest BCUT2D eigenvalue weighted by Gasteiger charge is 2.43. The van der Waals surface area contributed by atoms with E-state index in [9.17, 15) is 9.59 Å². The van der Waals surface area contributed by atoms with Crippen LogP contribution in [0.4, 0.5) is 5.82 Å². The number of benzene rings is 1. The molecule has 0 radical (unpaired) electrons. The van der Waals surface area contributed by atoms with Crippen molar-refractivity contribution in [2.45, 2.75) is 45.6 Å². The van der Waals surface area contributed by atoms with Gasteiger partial charge in [0.05, 0.1) is 5.52 Å². The average Bonchev–Trinajstić information content (AvgIpc) is 3.13. The second-order valence-electron chi connectivity index (χ2n) is 9.21. The molecule has 1 saturated heterocycles. The van der Waals surface area contributed by atoms with Gasteiger partial charge in [-0.05, 0) is 69.8 Å². The number of nitrogen functional groups attached to an aromatic ring is 1. The Morgan fingerprint density at radius 3 is 2.65 bits per heavy atom. The number of nitrogens with zero attached hydrogens (tertiary/aromatic N) is 3. The summed E-state index contributed by atoms with van der Waals surface area (Å²) in [5.74, 6) is 0.355. The Bertz CT molecular complexity index is 1200. The van der Waals surface area contributed by atoms with Gasteiger partial charge in [-0.3, -0.25) is 14.3 Å². The van der Waals surface area contributed by atoms with Crippen molar-refractivity contribution in [2.75, 3.05) is 18.8 Å². The Balaban J connectivity index is 1.62. The van der Waals surface area contributed by atoms with Crippen molar-refractivity contribution in [3.8, 4) is 0 Å². The molecule has 0 atom stereocenters. The highest BCUT2D eigenvalue weighted by atomic mass is 16.1. The van der Waals surface area contributed by atoms with Crippen LogP contribution in [0.15, 0.2) is 30.3 Å². The lowest BCUT2D eigenvalue weighted by molar-refractivity contribution is 0.0821. The summed E-state index contributed by atoms with van der Waals surface area (Å²) in [7, 11) is 0. The van der Waals surface area contributed by atoms with Crippen molar-refractivity contribution in [2.24, 2.45) is 5.41 Å². The quantitative estimate of drug-likeness (QED) is 0.634. The second-order valence-corrected chi connectivity index (χ2v) is 9.21. The molecule has 7 nitrogen and oxygen atoms in total. The molecule has 0 saturated carbocycles. The number of hydrogen-bond donors (Lipinski definition) is 2. The summed E-state index contributed by atoms with van der Waals surface area (Å²) < 4.78 is 1.75. The first-order valence-corrected chi connectivity index (χ1v) is 10.9. The summed E-state index contributed by atoms with van der Waals surface area (Å²) in [6.45, 7) is 5.79. The molecule has 3 heterocycles. The van der Waals surface area contributed by atoms with Crippen LogP contribution in [0.3, 0.4) is 0 Å². The van der Waals surface area contributed by atoms with Gasteiger partial charge in [0.2, 0.25) is 5.78 Å². The fourth-order valence-electron chi connectivity index (χ4n) is 5.07. The van der Waals surface area contributed by atoms with Crippen LogP contribution in [-0.2, 0) is 6.42 Å². The fraction of sp³-hybridized carbons (Fsp3) is 0.417. The molecule has 1 aliphatic carbocycles. The van der Waals surface area contributed by atoms with E-state index in [4.69, 9.17) is 5.73 Å². The number of anilines is 1. The van der Waals surface area contributed by atoms with E-state index in [1.165, 1.54) is 0 Å². The smallest absolute Gasteiger partial charge is 0.213 e. The number of carbonyl (C=O) groups is 2. The second kappa shape index (κ2) is 7.27. The Morgan fingerprint density at radius 2 is 1.90 bits per heavy atom. The summed E-state index contributed by atoms with van der Waals surface area (Å²) in [5.41, 5.74) is 8.78. The lowest BCUT2D eigenvalue weighted by Crippen LogP contribution is -2.42. The van der Waals surface area contributed by atoms with Gasteiger partial charge >= 0.3 is 0 Å².